The molecule has 0 saturated carbocycles. The monoisotopic (exact) mass is 296 g/mol. The Morgan fingerprint density at radius 3 is 2.74 bits per heavy atom. The van der Waals surface area contributed by atoms with Gasteiger partial charge in [0.2, 0.25) is 5.01 Å². The second-order valence-corrected chi connectivity index (χ2v) is 5.57. The summed E-state index contributed by atoms with van der Waals surface area (Å²) in [7, 11) is 0. The highest BCUT2D eigenvalue weighted by atomic mass is 32.1. The molecule has 0 bridgehead atoms. The van der Waals surface area contributed by atoms with E-state index in [0.29, 0.717) is 17.9 Å². The number of unbranched alkanes of at least 4 members (excludes halogenated alkanes) is 1. The summed E-state index contributed by atoms with van der Waals surface area (Å²) in [4.78, 5) is 1.96. The Kier molecular flexibility index (Phi) is 4.09. The van der Waals surface area contributed by atoms with Gasteiger partial charge in [0.25, 0.3) is 0 Å². The largest absolute Gasteiger partial charge is 0.625 e. The third-order valence-electron chi connectivity index (χ3n) is 3.04. The van der Waals surface area contributed by atoms with Crippen molar-refractivity contribution in [1.82, 2.24) is 19.7 Å². The van der Waals surface area contributed by atoms with Crippen LogP contribution in [-0.4, -0.2) is 41.4 Å². The highest BCUT2D eigenvalue weighted by Gasteiger charge is 2.40. The van der Waals surface area contributed by atoms with E-state index in [-0.39, 0.29) is 18.3 Å². The molecular weight excluding hydrogens is 281 g/mol. The summed E-state index contributed by atoms with van der Waals surface area (Å²) in [6.45, 7) is 3.83. The van der Waals surface area contributed by atoms with E-state index in [2.05, 4.69) is 17.1 Å². The number of hydrogen-bond donors (Lipinski definition) is 0. The Morgan fingerprint density at radius 2 is 2.16 bits per heavy atom. The second kappa shape index (κ2) is 5.31. The second-order valence-electron chi connectivity index (χ2n) is 4.61. The molecule has 0 spiro atoms. The number of alkyl halides is 3. The van der Waals surface area contributed by atoms with Crippen molar-refractivity contribution in [2.75, 3.05) is 26.3 Å². The first kappa shape index (κ1) is 14.6. The zero-order valence-corrected chi connectivity index (χ0v) is 11.3. The lowest BCUT2D eigenvalue weighted by Crippen LogP contribution is -2.42. The van der Waals surface area contributed by atoms with Gasteiger partial charge in [-0.2, -0.15) is 13.2 Å². The molecule has 1 aromatic heterocycles. The van der Waals surface area contributed by atoms with E-state index in [1.807, 2.05) is 4.90 Å². The average molecular weight is 296 g/mol. The minimum atomic E-state index is -4.53. The van der Waals surface area contributed by atoms with Gasteiger partial charge in [-0.05, 0) is 17.8 Å². The molecule has 1 aliphatic rings. The van der Waals surface area contributed by atoms with Crippen LogP contribution in [0.1, 0.15) is 24.8 Å². The van der Waals surface area contributed by atoms with Gasteiger partial charge >= 0.3 is 11.3 Å². The van der Waals surface area contributed by atoms with Gasteiger partial charge in [0.15, 0.2) is 0 Å². The van der Waals surface area contributed by atoms with Crippen molar-refractivity contribution in [3.63, 3.8) is 0 Å². The predicted octanol–water partition coefficient (Wildman–Crippen LogP) is 2.44. The summed E-state index contributed by atoms with van der Waals surface area (Å²) in [6, 6.07) is 0. The van der Waals surface area contributed by atoms with Crippen molar-refractivity contribution in [2.45, 2.75) is 25.9 Å². The smallest absolute Gasteiger partial charge is 0.445 e. The number of hydroxylamine groups is 2. The Morgan fingerprint density at radius 1 is 1.42 bits per heavy atom. The fourth-order valence-corrected chi connectivity index (χ4v) is 2.75. The maximum absolute atomic E-state index is 12.5. The molecule has 2 rings (SSSR count). The van der Waals surface area contributed by atoms with E-state index in [0.717, 1.165) is 19.4 Å². The Labute approximate surface area is 112 Å². The molecule has 0 amide bonds. The van der Waals surface area contributed by atoms with Crippen LogP contribution in [0.2, 0.25) is 0 Å². The van der Waals surface area contributed by atoms with Crippen molar-refractivity contribution < 1.29 is 13.2 Å². The zero-order valence-electron chi connectivity index (χ0n) is 10.5. The van der Waals surface area contributed by atoms with Gasteiger partial charge in [-0.3, -0.25) is 9.55 Å². The molecule has 5 nitrogen and oxygen atoms in total. The van der Waals surface area contributed by atoms with Gasteiger partial charge in [-0.1, -0.05) is 18.4 Å². The summed E-state index contributed by atoms with van der Waals surface area (Å²) in [6.07, 6.45) is -2.53. The van der Waals surface area contributed by atoms with Crippen LogP contribution in [0.4, 0.5) is 18.3 Å². The number of quaternary nitrogens is 1. The maximum atomic E-state index is 12.5. The third kappa shape index (κ3) is 3.22. The number of hydrogen-bond acceptors (Lipinski definition) is 5. The SMILES string of the molecule is CCCCN1CC[N+]([O-])(c2nnc(C(F)(F)F)s2)C1. The van der Waals surface area contributed by atoms with Crippen molar-refractivity contribution >= 4 is 16.5 Å². The predicted molar refractivity (Wildman–Crippen MR) is 66.3 cm³/mol. The van der Waals surface area contributed by atoms with Crippen molar-refractivity contribution in [1.29, 1.82) is 0 Å². The Bertz CT molecular complexity index is 439. The van der Waals surface area contributed by atoms with Crippen LogP contribution in [-0.2, 0) is 6.18 Å². The average Bonchev–Trinajstić information content (AvgIpc) is 2.93. The maximum Gasteiger partial charge on any atom is 0.445 e. The fraction of sp³-hybridized carbons (Fsp3) is 0.800. The molecule has 1 fully saturated rings. The van der Waals surface area contributed by atoms with Crippen LogP contribution in [0.3, 0.4) is 0 Å². The van der Waals surface area contributed by atoms with Crippen LogP contribution >= 0.6 is 11.3 Å². The first-order valence-corrected chi connectivity index (χ1v) is 6.88. The Balaban J connectivity index is 2.07. The third-order valence-corrected chi connectivity index (χ3v) is 4.14. The van der Waals surface area contributed by atoms with Crippen LogP contribution in [0.5, 0.6) is 0 Å². The van der Waals surface area contributed by atoms with Crippen molar-refractivity contribution in [2.24, 2.45) is 0 Å². The molecule has 0 aromatic carbocycles. The summed E-state index contributed by atoms with van der Waals surface area (Å²) >= 11 is 0.348. The van der Waals surface area contributed by atoms with E-state index >= 15 is 0 Å². The quantitative estimate of drug-likeness (QED) is 0.632. The molecule has 1 aromatic rings. The molecule has 2 heterocycles. The van der Waals surface area contributed by atoms with Crippen molar-refractivity contribution in [3.05, 3.63) is 10.2 Å². The van der Waals surface area contributed by atoms with Gasteiger partial charge in [-0.15, -0.1) is 5.10 Å². The van der Waals surface area contributed by atoms with Crippen LogP contribution < -0.4 is 4.65 Å². The van der Waals surface area contributed by atoms with Gasteiger partial charge in [0, 0.05) is 6.54 Å². The highest BCUT2D eigenvalue weighted by Crippen LogP contribution is 2.37. The minimum Gasteiger partial charge on any atom is -0.625 e. The molecule has 1 unspecified atom stereocenters. The van der Waals surface area contributed by atoms with E-state index in [9.17, 15) is 18.4 Å². The molecule has 0 radical (unpaired) electrons. The molecule has 1 aliphatic heterocycles. The number of rotatable bonds is 4. The van der Waals surface area contributed by atoms with E-state index < -0.39 is 15.8 Å². The number of nitrogens with zero attached hydrogens (tertiary/aromatic N) is 4. The molecule has 1 saturated heterocycles. The summed E-state index contributed by atoms with van der Waals surface area (Å²) in [5, 5.41) is 17.8. The van der Waals surface area contributed by atoms with Gasteiger partial charge in [-0.25, -0.2) is 0 Å². The van der Waals surface area contributed by atoms with Crippen LogP contribution in [0.15, 0.2) is 0 Å². The minimum absolute atomic E-state index is 0.105. The van der Waals surface area contributed by atoms with Crippen LogP contribution in [0.25, 0.3) is 0 Å². The standard InChI is InChI=1S/C10H15F3N4OS/c1-2-3-4-16-5-6-17(18,7-16)9-15-14-8(19-9)10(11,12)13/h2-7H2,1H3. The van der Waals surface area contributed by atoms with E-state index in [1.54, 1.807) is 0 Å². The normalized spacial score (nSPS) is 25.1. The lowest BCUT2D eigenvalue weighted by molar-refractivity contribution is -0.138. The molecule has 0 aliphatic carbocycles. The molecule has 9 heteroatoms. The summed E-state index contributed by atoms with van der Waals surface area (Å²) < 4.78 is 36.5. The lowest BCUT2D eigenvalue weighted by atomic mass is 10.3. The first-order chi connectivity index (χ1) is 8.85. The van der Waals surface area contributed by atoms with Crippen LogP contribution in [0, 0.1) is 5.21 Å². The molecule has 0 N–H and O–H groups in total. The van der Waals surface area contributed by atoms with Gasteiger partial charge in [0.1, 0.15) is 6.67 Å². The summed E-state index contributed by atoms with van der Waals surface area (Å²) in [5.41, 5.74) is 0. The van der Waals surface area contributed by atoms with Crippen molar-refractivity contribution in [3.8, 4) is 0 Å². The lowest BCUT2D eigenvalue weighted by Gasteiger charge is -2.33. The highest BCUT2D eigenvalue weighted by molar-refractivity contribution is 7.15. The van der Waals surface area contributed by atoms with E-state index in [1.165, 1.54) is 0 Å². The fourth-order valence-electron chi connectivity index (χ4n) is 1.98. The van der Waals surface area contributed by atoms with Gasteiger partial charge < -0.3 is 5.21 Å². The first-order valence-electron chi connectivity index (χ1n) is 6.07. The Hall–Kier alpha value is -0.770. The zero-order chi connectivity index (χ0) is 14.1. The topological polar surface area (TPSA) is 52.1 Å². The molecular formula is C10H15F3N4OS. The number of aromatic nitrogens is 2. The van der Waals surface area contributed by atoms with E-state index in [4.69, 9.17) is 0 Å². The molecule has 108 valence electrons. The number of halogens is 3. The molecule has 1 atom stereocenters. The molecule has 19 heavy (non-hydrogen) atoms. The van der Waals surface area contributed by atoms with Gasteiger partial charge in [0.05, 0.1) is 13.1 Å². The summed E-state index contributed by atoms with van der Waals surface area (Å²) in [5.74, 6) is 0.